The summed E-state index contributed by atoms with van der Waals surface area (Å²) in [6.07, 6.45) is 0. The molecule has 0 spiro atoms. The molecule has 3 heterocycles. The molecule has 3 nitrogen and oxygen atoms in total. The molecule has 1 aromatic carbocycles. The van der Waals surface area contributed by atoms with Gasteiger partial charge in [0.15, 0.2) is 0 Å². The Morgan fingerprint density at radius 1 is 1.17 bits per heavy atom. The average Bonchev–Trinajstić information content (AvgIpc) is 3.22. The van der Waals surface area contributed by atoms with Crippen LogP contribution in [0.5, 0.6) is 0 Å². The summed E-state index contributed by atoms with van der Waals surface area (Å²) in [4.78, 5) is 16.8. The molecule has 2 aromatic rings. The van der Waals surface area contributed by atoms with Gasteiger partial charge in [0.25, 0.3) is 5.91 Å². The zero-order valence-corrected chi connectivity index (χ0v) is 13.6. The van der Waals surface area contributed by atoms with Crippen molar-refractivity contribution in [2.45, 2.75) is 6.54 Å². The molecular formula is C18H19FN2OS. The molecule has 0 bridgehead atoms. The fourth-order valence-corrected chi connectivity index (χ4v) is 4.48. The standard InChI is InChI=1S/C18H19FN2OS/c19-17-3-1-2-13(6-17)7-20-8-15-10-21(11-16(15)9-20)18(22)14-4-5-23-12-14/h1-6,12,15-16H,7-11H2/t15-,16-/m1/s1. The summed E-state index contributed by atoms with van der Waals surface area (Å²) in [5.74, 6) is 1.09. The number of halogens is 1. The Hall–Kier alpha value is -1.72. The second kappa shape index (κ2) is 6.06. The number of carbonyl (C=O) groups excluding carboxylic acids is 1. The van der Waals surface area contributed by atoms with Gasteiger partial charge in [-0.2, -0.15) is 11.3 Å². The summed E-state index contributed by atoms with van der Waals surface area (Å²) in [5.41, 5.74) is 1.84. The van der Waals surface area contributed by atoms with Crippen LogP contribution in [0.3, 0.4) is 0 Å². The second-order valence-corrected chi connectivity index (χ2v) is 7.35. The molecule has 0 radical (unpaired) electrons. The number of likely N-dealkylation sites (tertiary alicyclic amines) is 2. The first-order chi connectivity index (χ1) is 11.2. The molecule has 1 aromatic heterocycles. The summed E-state index contributed by atoms with van der Waals surface area (Å²) in [6, 6.07) is 8.74. The lowest BCUT2D eigenvalue weighted by Gasteiger charge is -2.21. The van der Waals surface area contributed by atoms with E-state index in [4.69, 9.17) is 0 Å². The first-order valence-electron chi connectivity index (χ1n) is 7.97. The van der Waals surface area contributed by atoms with Gasteiger partial charge in [0.1, 0.15) is 5.82 Å². The average molecular weight is 330 g/mol. The third kappa shape index (κ3) is 3.03. The van der Waals surface area contributed by atoms with Gasteiger partial charge >= 0.3 is 0 Å². The molecule has 120 valence electrons. The van der Waals surface area contributed by atoms with Gasteiger partial charge in [0.05, 0.1) is 5.56 Å². The molecule has 2 fully saturated rings. The summed E-state index contributed by atoms with van der Waals surface area (Å²) in [5, 5.41) is 3.87. The third-order valence-corrected chi connectivity index (χ3v) is 5.60. The van der Waals surface area contributed by atoms with E-state index in [-0.39, 0.29) is 11.7 Å². The van der Waals surface area contributed by atoms with E-state index in [2.05, 4.69) is 4.90 Å². The Kier molecular flexibility index (Phi) is 3.91. The van der Waals surface area contributed by atoms with Crippen LogP contribution in [-0.2, 0) is 6.54 Å². The van der Waals surface area contributed by atoms with Crippen molar-refractivity contribution < 1.29 is 9.18 Å². The normalized spacial score (nSPS) is 24.1. The molecule has 5 heteroatoms. The highest BCUT2D eigenvalue weighted by Crippen LogP contribution is 2.32. The highest BCUT2D eigenvalue weighted by molar-refractivity contribution is 7.08. The fourth-order valence-electron chi connectivity index (χ4n) is 3.85. The summed E-state index contributed by atoms with van der Waals surface area (Å²) in [7, 11) is 0. The summed E-state index contributed by atoms with van der Waals surface area (Å²) < 4.78 is 13.3. The smallest absolute Gasteiger partial charge is 0.254 e. The molecule has 23 heavy (non-hydrogen) atoms. The van der Waals surface area contributed by atoms with Crippen LogP contribution in [0.1, 0.15) is 15.9 Å². The predicted octanol–water partition coefficient (Wildman–Crippen LogP) is 3.09. The maximum atomic E-state index is 13.3. The van der Waals surface area contributed by atoms with Gasteiger partial charge in [-0.25, -0.2) is 4.39 Å². The topological polar surface area (TPSA) is 23.6 Å². The number of benzene rings is 1. The van der Waals surface area contributed by atoms with E-state index < -0.39 is 0 Å². The fraction of sp³-hybridized carbons (Fsp3) is 0.389. The molecule has 0 unspecified atom stereocenters. The molecule has 2 saturated heterocycles. The van der Waals surface area contributed by atoms with Crippen molar-refractivity contribution in [3.05, 3.63) is 58.0 Å². The minimum absolute atomic E-state index is 0.164. The zero-order valence-electron chi connectivity index (χ0n) is 12.8. The lowest BCUT2D eigenvalue weighted by molar-refractivity contribution is 0.0774. The van der Waals surface area contributed by atoms with Crippen LogP contribution in [0.4, 0.5) is 4.39 Å². The Balaban J connectivity index is 1.36. The number of fused-ring (bicyclic) bond motifs is 1. The van der Waals surface area contributed by atoms with Crippen molar-refractivity contribution in [2.24, 2.45) is 11.8 Å². The predicted molar refractivity (Wildman–Crippen MR) is 88.9 cm³/mol. The van der Waals surface area contributed by atoms with Crippen LogP contribution in [0.2, 0.25) is 0 Å². The monoisotopic (exact) mass is 330 g/mol. The Morgan fingerprint density at radius 2 is 1.96 bits per heavy atom. The number of rotatable bonds is 3. The van der Waals surface area contributed by atoms with Gasteiger partial charge in [-0.05, 0) is 41.0 Å². The van der Waals surface area contributed by atoms with Crippen LogP contribution >= 0.6 is 11.3 Å². The van der Waals surface area contributed by atoms with Crippen molar-refractivity contribution in [3.63, 3.8) is 0 Å². The third-order valence-electron chi connectivity index (χ3n) is 4.91. The Labute approximate surface area is 139 Å². The van der Waals surface area contributed by atoms with Gasteiger partial charge < -0.3 is 4.90 Å². The molecule has 4 rings (SSSR count). The van der Waals surface area contributed by atoms with Crippen molar-refractivity contribution in [1.82, 2.24) is 9.80 Å². The van der Waals surface area contributed by atoms with Crippen molar-refractivity contribution >= 4 is 17.2 Å². The number of nitrogens with zero attached hydrogens (tertiary/aromatic N) is 2. The highest BCUT2D eigenvalue weighted by atomic mass is 32.1. The molecule has 1 amide bonds. The molecule has 0 N–H and O–H groups in total. The summed E-state index contributed by atoms with van der Waals surface area (Å²) >= 11 is 1.56. The van der Waals surface area contributed by atoms with E-state index >= 15 is 0 Å². The minimum atomic E-state index is -0.172. The van der Waals surface area contributed by atoms with Gasteiger partial charge in [0, 0.05) is 38.1 Å². The number of carbonyl (C=O) groups is 1. The first-order valence-corrected chi connectivity index (χ1v) is 8.91. The molecule has 2 aliphatic rings. The van der Waals surface area contributed by atoms with E-state index in [1.165, 1.54) is 6.07 Å². The maximum absolute atomic E-state index is 13.3. The summed E-state index contributed by atoms with van der Waals surface area (Å²) in [6.45, 7) is 4.48. The van der Waals surface area contributed by atoms with Crippen molar-refractivity contribution in [2.75, 3.05) is 26.2 Å². The van der Waals surface area contributed by atoms with Crippen molar-refractivity contribution in [1.29, 1.82) is 0 Å². The number of amides is 1. The van der Waals surface area contributed by atoms with E-state index in [0.29, 0.717) is 11.8 Å². The molecular weight excluding hydrogens is 311 g/mol. The van der Waals surface area contributed by atoms with Crippen LogP contribution in [0.25, 0.3) is 0 Å². The minimum Gasteiger partial charge on any atom is -0.338 e. The molecule has 0 aliphatic carbocycles. The Morgan fingerprint density at radius 3 is 2.61 bits per heavy atom. The number of hydrogen-bond acceptors (Lipinski definition) is 3. The van der Waals surface area contributed by atoms with E-state index in [1.54, 1.807) is 23.5 Å². The van der Waals surface area contributed by atoms with E-state index in [0.717, 1.165) is 43.9 Å². The second-order valence-electron chi connectivity index (χ2n) is 6.57. The van der Waals surface area contributed by atoms with Crippen LogP contribution < -0.4 is 0 Å². The number of hydrogen-bond donors (Lipinski definition) is 0. The van der Waals surface area contributed by atoms with Gasteiger partial charge in [-0.3, -0.25) is 9.69 Å². The molecule has 2 aliphatic heterocycles. The molecule has 2 atom stereocenters. The maximum Gasteiger partial charge on any atom is 0.254 e. The largest absolute Gasteiger partial charge is 0.338 e. The SMILES string of the molecule is O=C(c1ccsc1)N1C[C@H]2CN(Cc3cccc(F)c3)C[C@@H]2C1. The van der Waals surface area contributed by atoms with Gasteiger partial charge in [0.2, 0.25) is 0 Å². The van der Waals surface area contributed by atoms with E-state index in [1.807, 2.05) is 27.8 Å². The quantitative estimate of drug-likeness (QED) is 0.863. The van der Waals surface area contributed by atoms with Gasteiger partial charge in [-0.1, -0.05) is 12.1 Å². The van der Waals surface area contributed by atoms with E-state index in [9.17, 15) is 9.18 Å². The Bertz CT molecular complexity index is 689. The van der Waals surface area contributed by atoms with Crippen molar-refractivity contribution in [3.8, 4) is 0 Å². The first kappa shape index (κ1) is 14.8. The van der Waals surface area contributed by atoms with Gasteiger partial charge in [-0.15, -0.1) is 0 Å². The lowest BCUT2D eigenvalue weighted by Crippen LogP contribution is -2.32. The number of thiophene rings is 1. The van der Waals surface area contributed by atoms with Crippen LogP contribution in [-0.4, -0.2) is 41.9 Å². The molecule has 0 saturated carbocycles. The highest BCUT2D eigenvalue weighted by Gasteiger charge is 2.41. The lowest BCUT2D eigenvalue weighted by atomic mass is 10.0. The van der Waals surface area contributed by atoms with Crippen LogP contribution in [0, 0.1) is 17.7 Å². The van der Waals surface area contributed by atoms with Crippen LogP contribution in [0.15, 0.2) is 41.1 Å². The zero-order chi connectivity index (χ0) is 15.8.